The van der Waals surface area contributed by atoms with Gasteiger partial charge in [-0.15, -0.1) is 11.3 Å². The first kappa shape index (κ1) is 15.2. The maximum Gasteiger partial charge on any atom is 0.320 e. The van der Waals surface area contributed by atoms with Gasteiger partial charge < -0.3 is 5.11 Å². The fourth-order valence-corrected chi connectivity index (χ4v) is 2.92. The average molecular weight is 355 g/mol. The second-order valence-electron chi connectivity index (χ2n) is 4.57. The lowest BCUT2D eigenvalue weighted by molar-refractivity contribution is -0.142. The maximum absolute atomic E-state index is 10.9. The van der Waals surface area contributed by atoms with E-state index >= 15 is 0 Å². The topological polar surface area (TPSA) is 53.4 Å². The Morgan fingerprint density at radius 1 is 1.45 bits per heavy atom. The van der Waals surface area contributed by atoms with Gasteiger partial charge in [-0.2, -0.15) is 0 Å². The molecule has 1 aromatic heterocycles. The van der Waals surface area contributed by atoms with E-state index in [0.29, 0.717) is 6.54 Å². The second kappa shape index (κ2) is 6.47. The van der Waals surface area contributed by atoms with E-state index in [0.717, 1.165) is 19.9 Å². The van der Waals surface area contributed by atoms with Crippen LogP contribution < -0.4 is 0 Å². The predicted molar refractivity (Wildman–Crippen MR) is 83.8 cm³/mol. The van der Waals surface area contributed by atoms with Crippen LogP contribution in [0.2, 0.25) is 0 Å². The summed E-state index contributed by atoms with van der Waals surface area (Å²) in [5.74, 6) is -0.815. The molecule has 0 amide bonds. The number of halogens is 1. The highest BCUT2D eigenvalue weighted by Crippen LogP contribution is 2.27. The maximum atomic E-state index is 10.9. The number of aliphatic carboxylic acids is 1. The van der Waals surface area contributed by atoms with Crippen LogP contribution >= 0.6 is 27.3 Å². The standard InChI is InChI=1S/C14H15BrN2O2S/c1-9(14(18)19)17(2)8-12-7-16-13(20-12)10-3-5-11(15)6-4-10/h3-7,9H,8H2,1-2H3,(H,18,19). The van der Waals surface area contributed by atoms with E-state index in [1.54, 1.807) is 30.2 Å². The first-order chi connectivity index (χ1) is 9.47. The van der Waals surface area contributed by atoms with E-state index in [2.05, 4.69) is 20.9 Å². The van der Waals surface area contributed by atoms with Crippen LogP contribution in [0.1, 0.15) is 11.8 Å². The molecule has 0 aliphatic heterocycles. The number of aromatic nitrogens is 1. The zero-order valence-electron chi connectivity index (χ0n) is 11.2. The van der Waals surface area contributed by atoms with E-state index < -0.39 is 12.0 Å². The summed E-state index contributed by atoms with van der Waals surface area (Å²) in [6, 6.07) is 7.48. The van der Waals surface area contributed by atoms with E-state index in [1.807, 2.05) is 30.5 Å². The van der Waals surface area contributed by atoms with Gasteiger partial charge >= 0.3 is 5.97 Å². The molecule has 20 heavy (non-hydrogen) atoms. The van der Waals surface area contributed by atoms with E-state index in [1.165, 1.54) is 0 Å². The summed E-state index contributed by atoms with van der Waals surface area (Å²) in [6.07, 6.45) is 1.81. The van der Waals surface area contributed by atoms with Crippen molar-refractivity contribution in [2.24, 2.45) is 0 Å². The Morgan fingerprint density at radius 3 is 2.70 bits per heavy atom. The van der Waals surface area contributed by atoms with Crippen LogP contribution in [-0.4, -0.2) is 34.0 Å². The lowest BCUT2D eigenvalue weighted by Gasteiger charge is -2.19. The molecule has 1 atom stereocenters. The number of benzene rings is 1. The molecule has 1 aromatic carbocycles. The summed E-state index contributed by atoms with van der Waals surface area (Å²) in [5.41, 5.74) is 1.07. The van der Waals surface area contributed by atoms with Crippen LogP contribution in [0.3, 0.4) is 0 Å². The molecular formula is C14H15BrN2O2S. The number of likely N-dealkylation sites (N-methyl/N-ethyl adjacent to an activating group) is 1. The molecule has 1 unspecified atom stereocenters. The molecule has 0 aliphatic carbocycles. The second-order valence-corrected chi connectivity index (χ2v) is 6.60. The predicted octanol–water partition coefficient (Wildman–Crippen LogP) is 3.48. The molecule has 0 fully saturated rings. The minimum absolute atomic E-state index is 0.506. The molecule has 106 valence electrons. The molecule has 0 aliphatic rings. The van der Waals surface area contributed by atoms with Crippen molar-refractivity contribution >= 4 is 33.2 Å². The summed E-state index contributed by atoms with van der Waals surface area (Å²) in [7, 11) is 1.80. The van der Waals surface area contributed by atoms with Crippen LogP contribution in [0.25, 0.3) is 10.6 Å². The fraction of sp³-hybridized carbons (Fsp3) is 0.286. The molecule has 0 radical (unpaired) electrons. The van der Waals surface area contributed by atoms with Crippen LogP contribution in [0.15, 0.2) is 34.9 Å². The SMILES string of the molecule is CC(C(=O)O)N(C)Cc1cnc(-c2ccc(Br)cc2)s1. The smallest absolute Gasteiger partial charge is 0.320 e. The third-order valence-corrected chi connectivity index (χ3v) is 4.63. The van der Waals surface area contributed by atoms with Crippen molar-refractivity contribution in [3.63, 3.8) is 0 Å². The van der Waals surface area contributed by atoms with Crippen LogP contribution in [0, 0.1) is 0 Å². The van der Waals surface area contributed by atoms with Crippen molar-refractivity contribution in [3.05, 3.63) is 39.8 Å². The first-order valence-electron chi connectivity index (χ1n) is 6.11. The lowest BCUT2D eigenvalue weighted by Crippen LogP contribution is -2.35. The molecule has 4 nitrogen and oxygen atoms in total. The minimum Gasteiger partial charge on any atom is -0.480 e. The fourth-order valence-electron chi connectivity index (χ4n) is 1.68. The number of hydrogen-bond acceptors (Lipinski definition) is 4. The Morgan fingerprint density at radius 2 is 2.10 bits per heavy atom. The Bertz CT molecular complexity index is 597. The van der Waals surface area contributed by atoms with Crippen LogP contribution in [0.5, 0.6) is 0 Å². The summed E-state index contributed by atoms with van der Waals surface area (Å²) < 4.78 is 1.04. The van der Waals surface area contributed by atoms with Crippen LogP contribution in [-0.2, 0) is 11.3 Å². The molecule has 2 aromatic rings. The Labute approximate surface area is 130 Å². The van der Waals surface area contributed by atoms with Gasteiger partial charge in [0.05, 0.1) is 0 Å². The highest BCUT2D eigenvalue weighted by Gasteiger charge is 2.17. The average Bonchev–Trinajstić information content (AvgIpc) is 2.87. The van der Waals surface area contributed by atoms with Gasteiger partial charge in [0.15, 0.2) is 0 Å². The largest absolute Gasteiger partial charge is 0.480 e. The normalized spacial score (nSPS) is 12.6. The monoisotopic (exact) mass is 354 g/mol. The van der Waals surface area contributed by atoms with Gasteiger partial charge in [0, 0.05) is 27.7 Å². The number of thiazole rings is 1. The van der Waals surface area contributed by atoms with E-state index in [9.17, 15) is 4.79 Å². The summed E-state index contributed by atoms with van der Waals surface area (Å²) in [4.78, 5) is 18.2. The zero-order chi connectivity index (χ0) is 14.7. The number of carboxylic acids is 1. The van der Waals surface area contributed by atoms with Crippen molar-refractivity contribution in [2.75, 3.05) is 7.05 Å². The van der Waals surface area contributed by atoms with Crippen molar-refractivity contribution in [1.29, 1.82) is 0 Å². The van der Waals surface area contributed by atoms with Gasteiger partial charge in [0.25, 0.3) is 0 Å². The van der Waals surface area contributed by atoms with E-state index in [4.69, 9.17) is 5.11 Å². The van der Waals surface area contributed by atoms with E-state index in [-0.39, 0.29) is 0 Å². The Kier molecular flexibility index (Phi) is 4.91. The van der Waals surface area contributed by atoms with Gasteiger partial charge in [-0.1, -0.05) is 28.1 Å². The minimum atomic E-state index is -0.815. The highest BCUT2D eigenvalue weighted by atomic mass is 79.9. The third kappa shape index (κ3) is 3.65. The summed E-state index contributed by atoms with van der Waals surface area (Å²) in [6.45, 7) is 2.26. The lowest BCUT2D eigenvalue weighted by atomic mass is 10.2. The zero-order valence-corrected chi connectivity index (χ0v) is 13.6. The summed E-state index contributed by atoms with van der Waals surface area (Å²) >= 11 is 4.99. The number of nitrogens with zero attached hydrogens (tertiary/aromatic N) is 2. The quantitative estimate of drug-likeness (QED) is 0.892. The van der Waals surface area contributed by atoms with Gasteiger partial charge in [-0.05, 0) is 26.1 Å². The Hall–Kier alpha value is -1.24. The number of rotatable bonds is 5. The molecule has 2 rings (SSSR count). The first-order valence-corrected chi connectivity index (χ1v) is 7.72. The van der Waals surface area contributed by atoms with Crippen LogP contribution in [0.4, 0.5) is 0 Å². The van der Waals surface area contributed by atoms with Gasteiger partial charge in [0.1, 0.15) is 11.0 Å². The molecule has 6 heteroatoms. The molecular weight excluding hydrogens is 340 g/mol. The third-order valence-electron chi connectivity index (χ3n) is 3.07. The van der Waals surface area contributed by atoms with Crippen molar-refractivity contribution in [3.8, 4) is 10.6 Å². The number of carboxylic acid groups (broad SMARTS) is 1. The molecule has 0 bridgehead atoms. The molecule has 1 heterocycles. The molecule has 1 N–H and O–H groups in total. The molecule has 0 spiro atoms. The van der Waals surface area contributed by atoms with Crippen molar-refractivity contribution < 1.29 is 9.90 Å². The van der Waals surface area contributed by atoms with Gasteiger partial charge in [-0.3, -0.25) is 9.69 Å². The molecule has 0 saturated carbocycles. The summed E-state index contributed by atoms with van der Waals surface area (Å²) in [5, 5.41) is 9.93. The van der Waals surface area contributed by atoms with Crippen molar-refractivity contribution in [2.45, 2.75) is 19.5 Å². The number of hydrogen-bond donors (Lipinski definition) is 1. The highest BCUT2D eigenvalue weighted by molar-refractivity contribution is 9.10. The Balaban J connectivity index is 2.09. The van der Waals surface area contributed by atoms with Gasteiger partial charge in [0.2, 0.25) is 0 Å². The van der Waals surface area contributed by atoms with Crippen molar-refractivity contribution in [1.82, 2.24) is 9.88 Å². The number of carbonyl (C=O) groups is 1. The molecule has 0 saturated heterocycles. The van der Waals surface area contributed by atoms with Gasteiger partial charge in [-0.25, -0.2) is 4.98 Å².